The molecule has 0 amide bonds. The van der Waals surface area contributed by atoms with E-state index in [0.29, 0.717) is 28.6 Å². The predicted molar refractivity (Wildman–Crippen MR) is 174 cm³/mol. The summed E-state index contributed by atoms with van der Waals surface area (Å²) in [5.74, 6) is 0.743. The van der Waals surface area contributed by atoms with E-state index in [1.807, 2.05) is 61.3 Å². The van der Waals surface area contributed by atoms with E-state index in [0.717, 1.165) is 16.5 Å². The van der Waals surface area contributed by atoms with E-state index in [-0.39, 0.29) is 24.3 Å². The summed E-state index contributed by atoms with van der Waals surface area (Å²) < 4.78 is 9.22. The first-order valence-electron chi connectivity index (χ1n) is 14.4. The van der Waals surface area contributed by atoms with Crippen molar-refractivity contribution in [2.24, 2.45) is 0 Å². The Kier molecular flexibility index (Phi) is 8.51. The highest BCUT2D eigenvalue weighted by Gasteiger charge is 2.27. The van der Waals surface area contributed by atoms with Crippen LogP contribution in [-0.2, 0) is 13.0 Å². The zero-order chi connectivity index (χ0) is 31.6. The van der Waals surface area contributed by atoms with Crippen LogP contribution in [0.2, 0.25) is 13.1 Å². The fraction of sp³-hybridized carbons (Fsp3) is 0.235. The highest BCUT2D eigenvalue weighted by molar-refractivity contribution is 6.75. The summed E-state index contributed by atoms with van der Waals surface area (Å²) in [6, 6.07) is 20.1. The topological polar surface area (TPSA) is 119 Å². The minimum Gasteiger partial charge on any atom is -0.455 e. The fourth-order valence-corrected chi connectivity index (χ4v) is 5.54. The molecule has 0 fully saturated rings. The first-order valence-corrected chi connectivity index (χ1v) is 17.4. The molecule has 9 nitrogen and oxygen atoms in total. The average Bonchev–Trinajstić information content (AvgIpc) is 3.20. The highest BCUT2D eigenvalue weighted by Crippen LogP contribution is 2.29. The second-order valence-electron chi connectivity index (χ2n) is 12.0. The molecule has 0 aliphatic carbocycles. The maximum absolute atomic E-state index is 13.6. The monoisotopic (exact) mass is 608 g/mol. The van der Waals surface area contributed by atoms with Gasteiger partial charge in [-0.1, -0.05) is 36.0 Å². The van der Waals surface area contributed by atoms with Gasteiger partial charge in [-0.3, -0.25) is 24.2 Å². The number of ether oxygens (including phenoxy) is 1. The lowest BCUT2D eigenvalue weighted by Crippen LogP contribution is -2.32. The van der Waals surface area contributed by atoms with Crippen LogP contribution in [0.5, 0.6) is 11.5 Å². The van der Waals surface area contributed by atoms with Crippen molar-refractivity contribution in [1.82, 2.24) is 19.3 Å². The molecular weight excluding hydrogens is 572 g/mol. The van der Waals surface area contributed by atoms with Gasteiger partial charge in [-0.05, 0) is 81.9 Å². The Bertz CT molecular complexity index is 1900. The number of nitrogens with zero attached hydrogens (tertiary/aromatic N) is 4. The molecule has 0 spiro atoms. The Morgan fingerprint density at radius 3 is 2.45 bits per heavy atom. The number of carbonyl (C=O) groups is 1. The summed E-state index contributed by atoms with van der Waals surface area (Å²) in [6.07, 6.45) is 5.06. The van der Waals surface area contributed by atoms with E-state index in [2.05, 4.69) is 9.97 Å². The van der Waals surface area contributed by atoms with Crippen LogP contribution >= 0.6 is 0 Å². The quantitative estimate of drug-likeness (QED) is 0.156. The number of pyridine rings is 2. The predicted octanol–water partition coefficient (Wildman–Crippen LogP) is 5.63. The van der Waals surface area contributed by atoms with Crippen LogP contribution in [-0.4, -0.2) is 48.9 Å². The summed E-state index contributed by atoms with van der Waals surface area (Å²) >= 11 is 0. The molecule has 0 radical (unpaired) electrons. The third-order valence-corrected chi connectivity index (χ3v) is 7.97. The first kappa shape index (κ1) is 30.8. The third kappa shape index (κ3) is 7.11. The molecule has 0 bridgehead atoms. The van der Waals surface area contributed by atoms with Crippen molar-refractivity contribution >= 4 is 31.1 Å². The minimum absolute atomic E-state index is 0.0698. The molecule has 226 valence electrons. The van der Waals surface area contributed by atoms with Gasteiger partial charge in [-0.15, -0.1) is 0 Å². The van der Waals surface area contributed by atoms with E-state index in [9.17, 15) is 19.5 Å². The maximum atomic E-state index is 13.6. The van der Waals surface area contributed by atoms with Crippen LogP contribution in [0, 0.1) is 6.92 Å². The molecule has 0 aliphatic rings. The number of fused-ring (bicyclic) bond motifs is 1. The second kappa shape index (κ2) is 12.2. The molecule has 0 unspecified atom stereocenters. The summed E-state index contributed by atoms with van der Waals surface area (Å²) in [4.78, 5) is 46.1. The summed E-state index contributed by atoms with van der Waals surface area (Å²) in [7, 11) is -2.31. The molecule has 2 aromatic carbocycles. The van der Waals surface area contributed by atoms with Gasteiger partial charge in [0.25, 0.3) is 5.56 Å². The van der Waals surface area contributed by atoms with Gasteiger partial charge in [0, 0.05) is 23.0 Å². The van der Waals surface area contributed by atoms with E-state index in [4.69, 9.17) is 4.74 Å². The SMILES string of the molecule is Cc1c(C(=O)Cc2ccc(Oc3ccnc4cc(C=C[Si](C)(C)O)ccc34)cn2)c(=O)n(-c2ccccc2)n1CC(C)(C)O. The van der Waals surface area contributed by atoms with Crippen molar-refractivity contribution in [3.05, 3.63) is 118 Å². The number of carbonyl (C=O) groups excluding carboxylic acids is 1. The van der Waals surface area contributed by atoms with Crippen LogP contribution in [0.15, 0.2) is 89.6 Å². The number of Topliss-reactive ketones (excluding diaryl/α,β-unsaturated/α-hetero) is 1. The van der Waals surface area contributed by atoms with E-state index in [1.54, 1.807) is 68.2 Å². The number of aromatic nitrogens is 4. The molecule has 0 atom stereocenters. The maximum Gasteiger partial charge on any atom is 0.282 e. The standard InChI is InChI=1S/C34H36N4O5Si/c1-23-32(33(40)38(26-9-7-6-8-10-26)37(23)22-34(2,3)41)30(39)20-25-12-13-27(21-36-25)43-31-15-17-35-29-19-24(11-14-28(29)31)16-18-44(4,5)42/h6-19,21,41-42H,20,22H2,1-5H3. The number of rotatable bonds is 10. The van der Waals surface area contributed by atoms with Crippen molar-refractivity contribution in [2.45, 2.75) is 52.4 Å². The van der Waals surface area contributed by atoms with Gasteiger partial charge in [0.15, 0.2) is 5.78 Å². The van der Waals surface area contributed by atoms with Crippen LogP contribution in [0.3, 0.4) is 0 Å². The second-order valence-corrected chi connectivity index (χ2v) is 15.7. The molecule has 2 N–H and O–H groups in total. The summed E-state index contributed by atoms with van der Waals surface area (Å²) in [6.45, 7) is 8.87. The fourth-order valence-electron chi connectivity index (χ4n) is 4.94. The van der Waals surface area contributed by atoms with E-state index < -0.39 is 19.5 Å². The van der Waals surface area contributed by atoms with Gasteiger partial charge in [-0.25, -0.2) is 4.68 Å². The van der Waals surface area contributed by atoms with Crippen molar-refractivity contribution in [3.63, 3.8) is 0 Å². The zero-order valence-electron chi connectivity index (χ0n) is 25.5. The van der Waals surface area contributed by atoms with Gasteiger partial charge >= 0.3 is 0 Å². The lowest BCUT2D eigenvalue weighted by Gasteiger charge is -2.22. The van der Waals surface area contributed by atoms with Gasteiger partial charge < -0.3 is 14.6 Å². The van der Waals surface area contributed by atoms with Crippen molar-refractivity contribution in [1.29, 1.82) is 0 Å². The molecular formula is C34H36N4O5Si. The summed E-state index contributed by atoms with van der Waals surface area (Å²) in [5, 5.41) is 11.4. The van der Waals surface area contributed by atoms with E-state index >= 15 is 0 Å². The van der Waals surface area contributed by atoms with Crippen LogP contribution in [0.4, 0.5) is 0 Å². The molecule has 10 heteroatoms. The number of ketones is 1. The Labute approximate surface area is 256 Å². The normalized spacial score (nSPS) is 12.2. The molecule has 3 aromatic heterocycles. The Morgan fingerprint density at radius 1 is 1.05 bits per heavy atom. The first-order chi connectivity index (χ1) is 20.8. The lowest BCUT2D eigenvalue weighted by atomic mass is 10.1. The number of aliphatic hydroxyl groups is 1. The largest absolute Gasteiger partial charge is 0.455 e. The van der Waals surface area contributed by atoms with E-state index in [1.165, 1.54) is 4.68 Å². The molecule has 44 heavy (non-hydrogen) atoms. The van der Waals surface area contributed by atoms with Crippen molar-refractivity contribution in [3.8, 4) is 17.2 Å². The van der Waals surface area contributed by atoms with Crippen LogP contribution in [0.1, 0.15) is 41.2 Å². The summed E-state index contributed by atoms with van der Waals surface area (Å²) in [5.41, 5.74) is 3.66. The molecule has 3 heterocycles. The number of hydrogen-bond donors (Lipinski definition) is 2. The lowest BCUT2D eigenvalue weighted by molar-refractivity contribution is 0.0546. The minimum atomic E-state index is -2.31. The number of benzene rings is 2. The Balaban J connectivity index is 1.36. The number of para-hydroxylation sites is 1. The molecule has 0 aliphatic heterocycles. The molecule has 0 saturated carbocycles. The average molecular weight is 609 g/mol. The van der Waals surface area contributed by atoms with Gasteiger partial charge in [0.1, 0.15) is 17.1 Å². The van der Waals surface area contributed by atoms with Crippen LogP contribution < -0.4 is 10.3 Å². The smallest absolute Gasteiger partial charge is 0.282 e. The Hall–Kier alpha value is -4.64. The highest BCUT2D eigenvalue weighted by atomic mass is 28.4. The molecule has 0 saturated heterocycles. The number of hydrogen-bond acceptors (Lipinski definition) is 7. The Morgan fingerprint density at radius 2 is 1.80 bits per heavy atom. The van der Waals surface area contributed by atoms with Crippen molar-refractivity contribution < 1.29 is 19.4 Å². The third-order valence-electron chi connectivity index (χ3n) is 6.99. The van der Waals surface area contributed by atoms with Gasteiger partial charge in [-0.2, -0.15) is 0 Å². The van der Waals surface area contributed by atoms with Crippen LogP contribution in [0.25, 0.3) is 22.7 Å². The molecule has 5 rings (SSSR count). The van der Waals surface area contributed by atoms with Gasteiger partial charge in [0.2, 0.25) is 8.32 Å². The van der Waals surface area contributed by atoms with Gasteiger partial charge in [0.05, 0.1) is 36.0 Å². The molecule has 5 aromatic rings. The zero-order valence-corrected chi connectivity index (χ0v) is 26.5. The van der Waals surface area contributed by atoms with Crippen molar-refractivity contribution in [2.75, 3.05) is 0 Å².